The number of Topliss-reactive ketones (excluding diaryl/α,β-unsaturated/α-hetero) is 1. The van der Waals surface area contributed by atoms with Crippen LogP contribution in [0.1, 0.15) is 85.5 Å². The summed E-state index contributed by atoms with van der Waals surface area (Å²) in [5.74, 6) is 0.0575. The highest BCUT2D eigenvalue weighted by Gasteiger charge is 2.61. The van der Waals surface area contributed by atoms with Crippen LogP contribution in [0.3, 0.4) is 0 Å². The van der Waals surface area contributed by atoms with Crippen molar-refractivity contribution in [2.24, 2.45) is 34.5 Å². The molecule has 1 unspecified atom stereocenters. The van der Waals surface area contributed by atoms with Crippen molar-refractivity contribution in [2.45, 2.75) is 91.8 Å². The molecule has 176 valence electrons. The molecule has 6 heteroatoms. The van der Waals surface area contributed by atoms with Gasteiger partial charge >= 0.3 is 18.2 Å². The molecule has 4 aliphatic carbocycles. The average molecular weight is 445 g/mol. The van der Waals surface area contributed by atoms with Gasteiger partial charge in [0.2, 0.25) is 5.78 Å². The van der Waals surface area contributed by atoms with Gasteiger partial charge in [-0.1, -0.05) is 26.3 Å². The lowest BCUT2D eigenvalue weighted by atomic mass is 9.46. The number of hydrogen-bond donors (Lipinski definition) is 0. The van der Waals surface area contributed by atoms with Crippen molar-refractivity contribution in [3.63, 3.8) is 0 Å². The Balaban J connectivity index is 1.56. The first-order valence-corrected chi connectivity index (χ1v) is 12.2. The number of allylic oxidation sites excluding steroid dienone is 1. The molecule has 0 amide bonds. The maximum atomic E-state index is 13.5. The van der Waals surface area contributed by atoms with Crippen LogP contribution in [-0.4, -0.2) is 29.8 Å². The molecule has 6 nitrogen and oxygen atoms in total. The number of ketones is 2. The fourth-order valence-corrected chi connectivity index (χ4v) is 7.68. The van der Waals surface area contributed by atoms with Gasteiger partial charge in [0.25, 0.3) is 0 Å². The van der Waals surface area contributed by atoms with E-state index in [4.69, 9.17) is 9.47 Å². The first-order chi connectivity index (χ1) is 15.1. The Kier molecular flexibility index (Phi) is 6.10. The van der Waals surface area contributed by atoms with Gasteiger partial charge in [0.15, 0.2) is 5.78 Å². The molecule has 0 aromatic carbocycles. The minimum atomic E-state index is -1.44. The second-order valence-electron chi connectivity index (χ2n) is 10.8. The molecule has 0 radical (unpaired) electrons. The highest BCUT2D eigenvalue weighted by molar-refractivity contribution is 5.91. The minimum Gasteiger partial charge on any atom is -0.418 e. The van der Waals surface area contributed by atoms with Crippen LogP contribution in [0.25, 0.3) is 0 Å². The second kappa shape index (κ2) is 8.42. The molecule has 3 saturated carbocycles. The summed E-state index contributed by atoms with van der Waals surface area (Å²) in [5.41, 5.74) is 1.25. The molecule has 0 aromatic rings. The maximum absolute atomic E-state index is 13.5. The Labute approximate surface area is 190 Å². The van der Waals surface area contributed by atoms with Gasteiger partial charge in [-0.05, 0) is 79.6 Å². The molecule has 4 rings (SSSR count). The van der Waals surface area contributed by atoms with E-state index in [1.807, 2.05) is 6.08 Å². The fourth-order valence-electron chi connectivity index (χ4n) is 7.68. The van der Waals surface area contributed by atoms with Crippen LogP contribution in [0, 0.1) is 34.5 Å². The fraction of sp³-hybridized carbons (Fsp3) is 0.769. The predicted octanol–water partition coefficient (Wildman–Crippen LogP) is 4.55. The molecule has 0 saturated heterocycles. The normalized spacial score (nSPS) is 39.1. The van der Waals surface area contributed by atoms with E-state index in [1.54, 1.807) is 6.92 Å². The van der Waals surface area contributed by atoms with Crippen molar-refractivity contribution in [2.75, 3.05) is 0 Å². The molecule has 0 bridgehead atoms. The molecule has 3 fully saturated rings. The van der Waals surface area contributed by atoms with Crippen LogP contribution in [-0.2, 0) is 28.7 Å². The van der Waals surface area contributed by atoms with E-state index in [9.17, 15) is 19.2 Å². The van der Waals surface area contributed by atoms with Gasteiger partial charge in [0, 0.05) is 25.7 Å². The first-order valence-electron chi connectivity index (χ1n) is 12.2. The zero-order valence-corrected chi connectivity index (χ0v) is 19.8. The van der Waals surface area contributed by atoms with E-state index in [1.165, 1.54) is 12.5 Å². The van der Waals surface area contributed by atoms with Gasteiger partial charge in [-0.25, -0.2) is 0 Å². The molecule has 0 aliphatic heterocycles. The Bertz CT molecular complexity index is 858. The van der Waals surface area contributed by atoms with Gasteiger partial charge in [0.1, 0.15) is 0 Å². The Morgan fingerprint density at radius 2 is 1.78 bits per heavy atom. The van der Waals surface area contributed by atoms with E-state index >= 15 is 0 Å². The number of fused-ring (bicyclic) bond motifs is 5. The summed E-state index contributed by atoms with van der Waals surface area (Å²) < 4.78 is 10.4. The largest absolute Gasteiger partial charge is 0.418 e. The summed E-state index contributed by atoms with van der Waals surface area (Å²) in [7, 11) is 0. The lowest BCUT2D eigenvalue weighted by Gasteiger charge is -2.58. The second-order valence-corrected chi connectivity index (χ2v) is 10.8. The smallest absolute Gasteiger partial charge is 0.308 e. The summed E-state index contributed by atoms with van der Waals surface area (Å²) in [6.45, 7) is 7.45. The number of rotatable bonds is 5. The Morgan fingerprint density at radius 1 is 1.03 bits per heavy atom. The summed E-state index contributed by atoms with van der Waals surface area (Å²) in [5, 5.41) is 0. The molecule has 0 N–H and O–H groups in total. The van der Waals surface area contributed by atoms with Crippen LogP contribution in [0.5, 0.6) is 0 Å². The number of esters is 2. The van der Waals surface area contributed by atoms with Crippen molar-refractivity contribution in [3.8, 4) is 0 Å². The lowest BCUT2D eigenvalue weighted by molar-refractivity contribution is -0.194. The van der Waals surface area contributed by atoms with Crippen molar-refractivity contribution < 1.29 is 28.7 Å². The van der Waals surface area contributed by atoms with Crippen molar-refractivity contribution >= 4 is 23.5 Å². The number of ether oxygens (including phenoxy) is 2. The quantitative estimate of drug-likeness (QED) is 0.457. The van der Waals surface area contributed by atoms with Crippen LogP contribution in [0.4, 0.5) is 0 Å². The average Bonchev–Trinajstić information content (AvgIpc) is 3.10. The minimum absolute atomic E-state index is 0.0944. The standard InChI is InChI=1S/C26H36O6/c1-5-22(29)32-24(31-15(2)27)23(30)21-9-8-19-18-7-6-16-14-17(28)10-12-25(16,3)20(18)11-13-26(19,21)4/h14,18-21,24H,5-13H2,1-4H3/t18-,19-,20-,21+,24?,25-,26-/m0/s1. The Morgan fingerprint density at radius 3 is 2.47 bits per heavy atom. The van der Waals surface area contributed by atoms with E-state index in [0.717, 1.165) is 44.9 Å². The third-order valence-corrected chi connectivity index (χ3v) is 9.34. The third kappa shape index (κ3) is 3.73. The Hall–Kier alpha value is -1.98. The zero-order chi connectivity index (χ0) is 23.3. The van der Waals surface area contributed by atoms with Gasteiger partial charge in [-0.2, -0.15) is 0 Å². The number of carbonyl (C=O) groups excluding carboxylic acids is 4. The summed E-state index contributed by atoms with van der Waals surface area (Å²) in [6, 6.07) is 0. The van der Waals surface area contributed by atoms with Crippen molar-refractivity contribution in [1.29, 1.82) is 0 Å². The number of carbonyl (C=O) groups is 4. The summed E-state index contributed by atoms with van der Waals surface area (Å²) in [6.07, 6.45) is 7.89. The molecular formula is C26H36O6. The van der Waals surface area contributed by atoms with E-state index < -0.39 is 18.2 Å². The van der Waals surface area contributed by atoms with E-state index in [0.29, 0.717) is 24.2 Å². The molecule has 4 aliphatic rings. The lowest BCUT2D eigenvalue weighted by Crippen LogP contribution is -2.52. The van der Waals surface area contributed by atoms with Crippen LogP contribution >= 0.6 is 0 Å². The molecule has 7 atom stereocenters. The van der Waals surface area contributed by atoms with Gasteiger partial charge in [-0.15, -0.1) is 0 Å². The molecule has 0 heterocycles. The monoisotopic (exact) mass is 444 g/mol. The SMILES string of the molecule is CCC(=O)OC(OC(C)=O)C(=O)[C@H]1CC[C@H]2[C@@H]3CCC4=CC(=O)CC[C@]4(C)[C@H]3CC[C@]12C. The zero-order valence-electron chi connectivity index (χ0n) is 19.8. The summed E-state index contributed by atoms with van der Waals surface area (Å²) in [4.78, 5) is 49.0. The third-order valence-electron chi connectivity index (χ3n) is 9.34. The highest BCUT2D eigenvalue weighted by atomic mass is 16.7. The van der Waals surface area contributed by atoms with E-state index in [-0.39, 0.29) is 34.7 Å². The van der Waals surface area contributed by atoms with Crippen LogP contribution < -0.4 is 0 Å². The topological polar surface area (TPSA) is 86.7 Å². The molecule has 0 spiro atoms. The van der Waals surface area contributed by atoms with Gasteiger partial charge in [0.05, 0.1) is 0 Å². The van der Waals surface area contributed by atoms with Crippen molar-refractivity contribution in [1.82, 2.24) is 0 Å². The number of hydrogen-bond acceptors (Lipinski definition) is 6. The predicted molar refractivity (Wildman–Crippen MR) is 117 cm³/mol. The first kappa shape index (κ1) is 23.2. The van der Waals surface area contributed by atoms with Crippen LogP contribution in [0.15, 0.2) is 11.6 Å². The maximum Gasteiger partial charge on any atom is 0.308 e. The van der Waals surface area contributed by atoms with Gasteiger partial charge in [-0.3, -0.25) is 19.2 Å². The highest BCUT2D eigenvalue weighted by Crippen LogP contribution is 2.66. The molecule has 32 heavy (non-hydrogen) atoms. The van der Waals surface area contributed by atoms with Crippen molar-refractivity contribution in [3.05, 3.63) is 11.6 Å². The van der Waals surface area contributed by atoms with Crippen LogP contribution in [0.2, 0.25) is 0 Å². The molecular weight excluding hydrogens is 408 g/mol. The van der Waals surface area contributed by atoms with E-state index in [2.05, 4.69) is 13.8 Å². The van der Waals surface area contributed by atoms with Gasteiger partial charge < -0.3 is 9.47 Å². The molecule has 0 aromatic heterocycles. The summed E-state index contributed by atoms with van der Waals surface area (Å²) >= 11 is 0.